The molecular weight excluding hydrogens is 340 g/mol. The second-order valence-electron chi connectivity index (χ2n) is 7.28. The van der Waals surface area contributed by atoms with Crippen LogP contribution in [0.15, 0.2) is 42.6 Å². The monoisotopic (exact) mass is 366 g/mol. The summed E-state index contributed by atoms with van der Waals surface area (Å²) in [5.74, 6) is 1.02. The average molecular weight is 367 g/mol. The zero-order valence-corrected chi connectivity index (χ0v) is 15.9. The Hall–Kier alpha value is -2.14. The van der Waals surface area contributed by atoms with Gasteiger partial charge in [0, 0.05) is 19.1 Å². The zero-order valence-electron chi connectivity index (χ0n) is 15.1. The summed E-state index contributed by atoms with van der Waals surface area (Å²) in [6, 6.07) is 13.3. The van der Waals surface area contributed by atoms with Gasteiger partial charge in [0.15, 0.2) is 5.11 Å². The van der Waals surface area contributed by atoms with E-state index in [-0.39, 0.29) is 0 Å². The van der Waals surface area contributed by atoms with Crippen LogP contribution in [-0.4, -0.2) is 22.7 Å². The lowest BCUT2D eigenvalue weighted by molar-refractivity contribution is 0.415. The Kier molecular flexibility index (Phi) is 5.34. The second-order valence-corrected chi connectivity index (χ2v) is 7.69. The van der Waals surface area contributed by atoms with Crippen LogP contribution in [0.5, 0.6) is 0 Å². The van der Waals surface area contributed by atoms with Gasteiger partial charge in [0.1, 0.15) is 5.82 Å². The largest absolute Gasteiger partial charge is 0.360 e. The van der Waals surface area contributed by atoms with Gasteiger partial charge in [0.2, 0.25) is 0 Å². The van der Waals surface area contributed by atoms with Crippen LogP contribution in [0, 0.1) is 0 Å². The molecule has 136 valence electrons. The van der Waals surface area contributed by atoms with E-state index in [4.69, 9.17) is 12.2 Å². The molecule has 1 aliphatic heterocycles. The van der Waals surface area contributed by atoms with Crippen molar-refractivity contribution in [2.24, 2.45) is 0 Å². The van der Waals surface area contributed by atoms with Crippen molar-refractivity contribution < 1.29 is 0 Å². The molecule has 2 heterocycles. The number of nitrogens with zero attached hydrogens (tertiary/aromatic N) is 2. The lowest BCUT2D eigenvalue weighted by Crippen LogP contribution is -2.38. The van der Waals surface area contributed by atoms with Gasteiger partial charge >= 0.3 is 0 Å². The minimum atomic E-state index is 0.518. The molecule has 1 fully saturated rings. The highest BCUT2D eigenvalue weighted by molar-refractivity contribution is 7.80. The highest BCUT2D eigenvalue weighted by Crippen LogP contribution is 2.23. The maximum atomic E-state index is 5.46. The van der Waals surface area contributed by atoms with Gasteiger partial charge in [-0.2, -0.15) is 0 Å². The number of benzene rings is 1. The Bertz CT molecular complexity index is 753. The molecule has 0 saturated heterocycles. The molecule has 2 N–H and O–H groups in total. The average Bonchev–Trinajstić information content (AvgIpc) is 2.69. The molecule has 4 nitrogen and oxygen atoms in total. The Morgan fingerprint density at radius 2 is 1.85 bits per heavy atom. The van der Waals surface area contributed by atoms with Crippen LogP contribution in [-0.2, 0) is 13.0 Å². The van der Waals surface area contributed by atoms with Crippen LogP contribution < -0.4 is 15.5 Å². The molecule has 1 saturated carbocycles. The van der Waals surface area contributed by atoms with Crippen LogP contribution in [0.25, 0.3) is 0 Å². The summed E-state index contributed by atoms with van der Waals surface area (Å²) < 4.78 is 0. The first-order valence-electron chi connectivity index (χ1n) is 9.63. The van der Waals surface area contributed by atoms with Crippen LogP contribution in [0.2, 0.25) is 0 Å². The van der Waals surface area contributed by atoms with Crippen molar-refractivity contribution in [3.63, 3.8) is 0 Å². The van der Waals surface area contributed by atoms with Crippen molar-refractivity contribution in [1.82, 2.24) is 10.3 Å². The molecule has 0 spiro atoms. The summed E-state index contributed by atoms with van der Waals surface area (Å²) in [5, 5.41) is 7.42. The Morgan fingerprint density at radius 1 is 1.04 bits per heavy atom. The maximum Gasteiger partial charge on any atom is 0.171 e. The van der Waals surface area contributed by atoms with E-state index in [0.29, 0.717) is 11.2 Å². The quantitative estimate of drug-likeness (QED) is 0.794. The first-order chi connectivity index (χ1) is 12.8. The molecule has 4 rings (SSSR count). The van der Waals surface area contributed by atoms with Gasteiger partial charge < -0.3 is 15.5 Å². The van der Waals surface area contributed by atoms with Gasteiger partial charge in [0.05, 0.1) is 11.9 Å². The topological polar surface area (TPSA) is 40.2 Å². The summed E-state index contributed by atoms with van der Waals surface area (Å²) in [7, 11) is 0. The zero-order chi connectivity index (χ0) is 17.8. The van der Waals surface area contributed by atoms with Gasteiger partial charge in [-0.15, -0.1) is 0 Å². The maximum absolute atomic E-state index is 5.46. The summed E-state index contributed by atoms with van der Waals surface area (Å²) >= 11 is 5.46. The van der Waals surface area contributed by atoms with E-state index in [1.165, 1.54) is 43.2 Å². The van der Waals surface area contributed by atoms with Gasteiger partial charge in [-0.25, -0.2) is 4.98 Å². The molecule has 0 unspecified atom stereocenters. The molecule has 0 amide bonds. The van der Waals surface area contributed by atoms with E-state index >= 15 is 0 Å². The molecule has 0 radical (unpaired) electrons. The Morgan fingerprint density at radius 3 is 2.62 bits per heavy atom. The first-order valence-corrected chi connectivity index (χ1v) is 10.0. The third-order valence-electron chi connectivity index (χ3n) is 5.40. The number of pyridine rings is 1. The van der Waals surface area contributed by atoms with E-state index < -0.39 is 0 Å². The van der Waals surface area contributed by atoms with Crippen LogP contribution in [0.1, 0.15) is 43.2 Å². The number of thiocarbonyl (C=S) groups is 1. The Balaban J connectivity index is 1.34. The molecule has 1 aromatic heterocycles. The van der Waals surface area contributed by atoms with Crippen molar-refractivity contribution in [2.45, 2.75) is 51.1 Å². The minimum absolute atomic E-state index is 0.518. The summed E-state index contributed by atoms with van der Waals surface area (Å²) in [4.78, 5) is 6.99. The lowest BCUT2D eigenvalue weighted by atomic mass is 9.96. The van der Waals surface area contributed by atoms with Crippen molar-refractivity contribution in [3.05, 3.63) is 53.7 Å². The van der Waals surface area contributed by atoms with Crippen LogP contribution >= 0.6 is 12.2 Å². The second kappa shape index (κ2) is 8.04. The number of nitrogens with one attached hydrogen (secondary N) is 2. The van der Waals surface area contributed by atoms with Crippen molar-refractivity contribution in [2.75, 3.05) is 16.8 Å². The number of fused-ring (bicyclic) bond motifs is 1. The molecule has 26 heavy (non-hydrogen) atoms. The van der Waals surface area contributed by atoms with E-state index in [2.05, 4.69) is 56.9 Å². The molecule has 5 heteroatoms. The highest BCUT2D eigenvalue weighted by Gasteiger charge is 2.17. The summed E-state index contributed by atoms with van der Waals surface area (Å²) in [6.45, 7) is 1.94. The third-order valence-corrected chi connectivity index (χ3v) is 5.62. The molecule has 2 aromatic rings. The fourth-order valence-corrected chi connectivity index (χ4v) is 4.22. The summed E-state index contributed by atoms with van der Waals surface area (Å²) in [6.07, 6.45) is 9.35. The number of anilines is 2. The summed E-state index contributed by atoms with van der Waals surface area (Å²) in [5.41, 5.74) is 3.81. The molecule has 2 aliphatic rings. The first kappa shape index (κ1) is 17.3. The van der Waals surface area contributed by atoms with Gasteiger partial charge in [0.25, 0.3) is 0 Å². The molecule has 1 aromatic carbocycles. The van der Waals surface area contributed by atoms with Crippen molar-refractivity contribution >= 4 is 28.8 Å². The van der Waals surface area contributed by atoms with Crippen LogP contribution in [0.4, 0.5) is 11.5 Å². The fraction of sp³-hybridized carbons (Fsp3) is 0.429. The lowest BCUT2D eigenvalue weighted by Gasteiger charge is -2.30. The van der Waals surface area contributed by atoms with Gasteiger partial charge in [-0.05, 0) is 54.7 Å². The van der Waals surface area contributed by atoms with Gasteiger partial charge in [-0.1, -0.05) is 43.5 Å². The number of rotatable bonds is 3. The fourth-order valence-electron chi connectivity index (χ4n) is 3.94. The predicted molar refractivity (Wildman–Crippen MR) is 112 cm³/mol. The smallest absolute Gasteiger partial charge is 0.171 e. The molecule has 1 aliphatic carbocycles. The predicted octanol–water partition coefficient (Wildman–Crippen LogP) is 4.26. The number of hydrogen-bond donors (Lipinski definition) is 2. The van der Waals surface area contributed by atoms with Crippen molar-refractivity contribution in [3.8, 4) is 0 Å². The van der Waals surface area contributed by atoms with E-state index in [0.717, 1.165) is 31.0 Å². The van der Waals surface area contributed by atoms with Crippen LogP contribution in [0.3, 0.4) is 0 Å². The number of hydrogen-bond acceptors (Lipinski definition) is 3. The number of aromatic nitrogens is 1. The highest BCUT2D eigenvalue weighted by atomic mass is 32.1. The van der Waals surface area contributed by atoms with Gasteiger partial charge in [-0.3, -0.25) is 0 Å². The minimum Gasteiger partial charge on any atom is -0.360 e. The molecule has 0 bridgehead atoms. The standard InChI is InChI=1S/C21H26N4S/c26-21(23-18-8-2-1-3-9-18)24-19-10-11-20(22-14-19)25-13-12-16-6-4-5-7-17(16)15-25/h4-7,10-11,14,18H,1-3,8-9,12-13,15H2,(H2,23,24,26). The Labute approximate surface area is 161 Å². The van der Waals surface area contributed by atoms with E-state index in [1.807, 2.05) is 6.20 Å². The SMILES string of the molecule is S=C(Nc1ccc(N2CCc3ccccc3C2)nc1)NC1CCCCC1. The third kappa shape index (κ3) is 4.15. The van der Waals surface area contributed by atoms with E-state index in [1.54, 1.807) is 0 Å². The molecular formula is C21H26N4S. The van der Waals surface area contributed by atoms with Crippen molar-refractivity contribution in [1.29, 1.82) is 0 Å². The molecule has 0 atom stereocenters. The normalized spacial score (nSPS) is 17.5. The van der Waals surface area contributed by atoms with E-state index in [9.17, 15) is 0 Å².